The predicted octanol–water partition coefficient (Wildman–Crippen LogP) is 5.61. The molecule has 2 unspecified atom stereocenters. The number of carbonyl (C=O) groups is 4. The molecule has 0 spiro atoms. The first-order chi connectivity index (χ1) is 19.3. The van der Waals surface area contributed by atoms with Crippen LogP contribution in [0.3, 0.4) is 0 Å². The molecule has 0 heterocycles. The summed E-state index contributed by atoms with van der Waals surface area (Å²) in [6.45, 7) is 14.2. The second-order valence-corrected chi connectivity index (χ2v) is 11.8. The van der Waals surface area contributed by atoms with Gasteiger partial charge in [-0.2, -0.15) is 0 Å². The van der Waals surface area contributed by atoms with Crippen LogP contribution >= 0.6 is 0 Å². The van der Waals surface area contributed by atoms with Crippen LogP contribution < -0.4 is 16.4 Å². The maximum absolute atomic E-state index is 14.3. The minimum atomic E-state index is -1.09. The van der Waals surface area contributed by atoms with Crippen LogP contribution in [0.25, 0.3) is 0 Å². The molecule has 9 nitrogen and oxygen atoms in total. The number of benzene rings is 1. The van der Waals surface area contributed by atoms with Gasteiger partial charge < -0.3 is 26.0 Å². The minimum absolute atomic E-state index is 0.00260. The van der Waals surface area contributed by atoms with Gasteiger partial charge in [0.05, 0.1) is 0 Å². The van der Waals surface area contributed by atoms with Crippen molar-refractivity contribution in [3.8, 4) is 0 Å². The number of unbranched alkanes of at least 4 members (excludes halogenated alkanes) is 6. The number of aryl methyl sites for hydroxylation is 1. The summed E-state index contributed by atoms with van der Waals surface area (Å²) in [6.07, 6.45) is 6.79. The third kappa shape index (κ3) is 13.4. The van der Waals surface area contributed by atoms with Crippen molar-refractivity contribution in [1.82, 2.24) is 15.5 Å². The van der Waals surface area contributed by atoms with E-state index in [1.807, 2.05) is 32.0 Å². The summed E-state index contributed by atoms with van der Waals surface area (Å²) in [5, 5.41) is 5.71. The summed E-state index contributed by atoms with van der Waals surface area (Å²) < 4.78 is 5.42. The van der Waals surface area contributed by atoms with E-state index in [-0.39, 0.29) is 18.7 Å². The molecule has 9 heteroatoms. The highest BCUT2D eigenvalue weighted by Gasteiger charge is 2.36. The molecular formula is C32H54N4O5. The zero-order chi connectivity index (χ0) is 31.0. The molecule has 4 amide bonds. The largest absolute Gasteiger partial charge is 0.444 e. The molecule has 0 bridgehead atoms. The van der Waals surface area contributed by atoms with Gasteiger partial charge in [-0.25, -0.2) is 4.79 Å². The maximum Gasteiger partial charge on any atom is 0.408 e. The zero-order valence-electron chi connectivity index (χ0n) is 26.4. The number of hydrogen-bond acceptors (Lipinski definition) is 5. The van der Waals surface area contributed by atoms with Gasteiger partial charge in [0.25, 0.3) is 0 Å². The fourth-order valence-corrected chi connectivity index (χ4v) is 4.65. The number of hydrogen-bond donors (Lipinski definition) is 3. The van der Waals surface area contributed by atoms with Crippen LogP contribution in [-0.2, 0) is 19.1 Å². The van der Waals surface area contributed by atoms with Gasteiger partial charge in [0.2, 0.25) is 17.7 Å². The third-order valence-electron chi connectivity index (χ3n) is 7.03. The van der Waals surface area contributed by atoms with Crippen molar-refractivity contribution in [3.05, 3.63) is 34.9 Å². The average Bonchev–Trinajstić information content (AvgIpc) is 2.88. The Bertz CT molecular complexity index is 989. The Hall–Kier alpha value is -3.10. The molecule has 0 fully saturated rings. The number of nitrogens with two attached hydrogens (primary N) is 1. The summed E-state index contributed by atoms with van der Waals surface area (Å²) in [7, 11) is 0. The highest BCUT2D eigenvalue weighted by atomic mass is 16.6. The van der Waals surface area contributed by atoms with Gasteiger partial charge in [0.1, 0.15) is 17.7 Å². The first-order valence-corrected chi connectivity index (χ1v) is 15.2. The van der Waals surface area contributed by atoms with Crippen molar-refractivity contribution in [2.24, 2.45) is 5.73 Å². The molecule has 4 N–H and O–H groups in total. The molecule has 41 heavy (non-hydrogen) atoms. The molecule has 1 rings (SSSR count). The minimum Gasteiger partial charge on any atom is -0.444 e. The topological polar surface area (TPSA) is 131 Å². The van der Waals surface area contributed by atoms with Crippen LogP contribution in [0.5, 0.6) is 0 Å². The third-order valence-corrected chi connectivity index (χ3v) is 7.03. The van der Waals surface area contributed by atoms with Crippen LogP contribution in [0.2, 0.25) is 0 Å². The molecule has 0 radical (unpaired) electrons. The fraction of sp³-hybridized carbons (Fsp3) is 0.688. The first-order valence-electron chi connectivity index (χ1n) is 15.2. The molecule has 0 aliphatic rings. The molecule has 232 valence electrons. The van der Waals surface area contributed by atoms with Gasteiger partial charge in [-0.1, -0.05) is 70.6 Å². The number of primary amides is 1. The SMILES string of the molecule is CCCCCCCN(C(=O)C(CCC(N)=O)NC(=O)OC(C)(C)C)C(C(=O)NCCCCC)c1cccc(C)c1C. The predicted molar refractivity (Wildman–Crippen MR) is 163 cm³/mol. The normalized spacial score (nSPS) is 12.8. The van der Waals surface area contributed by atoms with E-state index in [2.05, 4.69) is 24.5 Å². The number of amides is 4. The van der Waals surface area contributed by atoms with Crippen molar-refractivity contribution < 1.29 is 23.9 Å². The van der Waals surface area contributed by atoms with E-state index in [1.54, 1.807) is 25.7 Å². The van der Waals surface area contributed by atoms with Crippen LogP contribution in [0.15, 0.2) is 18.2 Å². The number of rotatable bonds is 18. The average molecular weight is 575 g/mol. The van der Waals surface area contributed by atoms with Gasteiger partial charge in [0, 0.05) is 19.5 Å². The van der Waals surface area contributed by atoms with Crippen molar-refractivity contribution in [2.45, 2.75) is 130 Å². The number of nitrogens with zero attached hydrogens (tertiary/aromatic N) is 1. The van der Waals surface area contributed by atoms with E-state index in [0.29, 0.717) is 19.5 Å². The molecule has 1 aromatic rings. The lowest BCUT2D eigenvalue weighted by Gasteiger charge is -2.35. The van der Waals surface area contributed by atoms with E-state index in [1.165, 1.54) is 0 Å². The first kappa shape index (κ1) is 35.9. The van der Waals surface area contributed by atoms with Crippen molar-refractivity contribution in [2.75, 3.05) is 13.1 Å². The lowest BCUT2D eigenvalue weighted by Crippen LogP contribution is -2.53. The Morgan fingerprint density at radius 2 is 1.59 bits per heavy atom. The van der Waals surface area contributed by atoms with Gasteiger partial charge in [-0.05, 0) is 70.6 Å². The lowest BCUT2D eigenvalue weighted by molar-refractivity contribution is -0.142. The van der Waals surface area contributed by atoms with Crippen LogP contribution in [0.4, 0.5) is 4.79 Å². The Kier molecular flexibility index (Phi) is 16.1. The van der Waals surface area contributed by atoms with Gasteiger partial charge in [-0.15, -0.1) is 0 Å². The van der Waals surface area contributed by atoms with E-state index in [4.69, 9.17) is 10.5 Å². The zero-order valence-corrected chi connectivity index (χ0v) is 26.4. The Morgan fingerprint density at radius 3 is 2.20 bits per heavy atom. The highest BCUT2D eigenvalue weighted by molar-refractivity contribution is 5.92. The standard InChI is InChI=1S/C32H54N4O5/c1-8-10-12-13-15-22-36(30(39)26(19-20-27(33)37)35-31(40)41-32(5,6)7)28(29(38)34-21-14-11-9-2)25-18-16-17-23(3)24(25)4/h16-18,26,28H,8-15,19-22H2,1-7H3,(H2,33,37)(H,34,38)(H,35,40). The maximum atomic E-state index is 14.3. The smallest absolute Gasteiger partial charge is 0.408 e. The monoisotopic (exact) mass is 574 g/mol. The van der Waals surface area contributed by atoms with E-state index >= 15 is 0 Å². The quantitative estimate of drug-likeness (QED) is 0.196. The Morgan fingerprint density at radius 1 is 0.951 bits per heavy atom. The summed E-state index contributed by atoms with van der Waals surface area (Å²) in [5.41, 5.74) is 7.33. The number of ether oxygens (including phenoxy) is 1. The number of carbonyl (C=O) groups excluding carboxylic acids is 4. The van der Waals surface area contributed by atoms with Crippen LogP contribution in [0, 0.1) is 13.8 Å². The second-order valence-electron chi connectivity index (χ2n) is 11.8. The summed E-state index contributed by atoms with van der Waals surface area (Å²) >= 11 is 0. The molecule has 2 atom stereocenters. The van der Waals surface area contributed by atoms with Crippen LogP contribution in [0.1, 0.15) is 122 Å². The van der Waals surface area contributed by atoms with Gasteiger partial charge in [0.15, 0.2) is 0 Å². The lowest BCUT2D eigenvalue weighted by atomic mass is 9.94. The van der Waals surface area contributed by atoms with Crippen molar-refractivity contribution in [1.29, 1.82) is 0 Å². The number of nitrogens with one attached hydrogen (secondary N) is 2. The molecule has 1 aromatic carbocycles. The number of alkyl carbamates (subject to hydrolysis) is 1. The summed E-state index contributed by atoms with van der Waals surface area (Å²) in [6, 6.07) is 3.77. The van der Waals surface area contributed by atoms with Gasteiger partial charge >= 0.3 is 6.09 Å². The molecule has 0 saturated heterocycles. The van der Waals surface area contributed by atoms with E-state index < -0.39 is 35.6 Å². The summed E-state index contributed by atoms with van der Waals surface area (Å²) in [4.78, 5) is 54.2. The molecule has 0 aliphatic carbocycles. The van der Waals surface area contributed by atoms with E-state index in [0.717, 1.165) is 61.6 Å². The summed E-state index contributed by atoms with van der Waals surface area (Å²) in [5.74, 6) is -1.29. The highest BCUT2D eigenvalue weighted by Crippen LogP contribution is 2.28. The Balaban J connectivity index is 3.53. The Labute approximate surface area is 247 Å². The van der Waals surface area contributed by atoms with Crippen LogP contribution in [-0.4, -0.2) is 53.4 Å². The molecule has 0 aromatic heterocycles. The molecule has 0 aliphatic heterocycles. The van der Waals surface area contributed by atoms with Gasteiger partial charge in [-0.3, -0.25) is 14.4 Å². The molecule has 0 saturated carbocycles. The van der Waals surface area contributed by atoms with Crippen molar-refractivity contribution >= 4 is 23.8 Å². The molecular weight excluding hydrogens is 520 g/mol. The fourth-order valence-electron chi connectivity index (χ4n) is 4.65. The van der Waals surface area contributed by atoms with Crippen molar-refractivity contribution in [3.63, 3.8) is 0 Å². The van der Waals surface area contributed by atoms with E-state index in [9.17, 15) is 19.2 Å². The second kappa shape index (κ2) is 18.4.